The topological polar surface area (TPSA) is 15.6 Å². The minimum atomic E-state index is -0.250. The van der Waals surface area contributed by atoms with E-state index in [0.717, 1.165) is 26.1 Å². The summed E-state index contributed by atoms with van der Waals surface area (Å²) in [6.45, 7) is 6.33. The fraction of sp³-hybridized carbons (Fsp3) is 0.250. The highest BCUT2D eigenvalue weighted by Crippen LogP contribution is 2.38. The summed E-state index contributed by atoms with van der Waals surface area (Å²) in [6, 6.07) is 11.3. The Morgan fingerprint density at radius 2 is 1.96 bits per heavy atom. The van der Waals surface area contributed by atoms with E-state index in [-0.39, 0.29) is 11.4 Å². The van der Waals surface area contributed by atoms with Crippen molar-refractivity contribution in [1.29, 1.82) is 0 Å². The molecule has 0 bridgehead atoms. The Hall–Kier alpha value is -1.69. The van der Waals surface area contributed by atoms with Crippen LogP contribution in [0.3, 0.4) is 0 Å². The summed E-state index contributed by atoms with van der Waals surface area (Å²) in [4.78, 5) is 6.53. The summed E-state index contributed by atoms with van der Waals surface area (Å²) in [5.74, 6) is -0.250. The Labute approximate surface area is 156 Å². The van der Waals surface area contributed by atoms with E-state index in [9.17, 15) is 4.39 Å². The molecule has 0 unspecified atom stereocenters. The molecule has 124 valence electrons. The first-order chi connectivity index (χ1) is 11.3. The van der Waals surface area contributed by atoms with Crippen molar-refractivity contribution in [3.05, 3.63) is 63.0 Å². The highest BCUT2D eigenvalue weighted by molar-refractivity contribution is 14.1. The highest BCUT2D eigenvalue weighted by Gasteiger charge is 2.29. The molecular formula is C20H20FIN2. The van der Waals surface area contributed by atoms with E-state index in [4.69, 9.17) is 0 Å². The number of halogens is 2. The van der Waals surface area contributed by atoms with Gasteiger partial charge in [-0.05, 0) is 79.3 Å². The van der Waals surface area contributed by atoms with E-state index < -0.39 is 0 Å². The van der Waals surface area contributed by atoms with Gasteiger partial charge >= 0.3 is 0 Å². The van der Waals surface area contributed by atoms with Crippen LogP contribution < -0.4 is 4.90 Å². The predicted molar refractivity (Wildman–Crippen MR) is 109 cm³/mol. The molecule has 2 nitrogen and oxygen atoms in total. The largest absolute Gasteiger partial charge is 0.365 e. The number of aliphatic imine (C=N–C) groups is 1. The van der Waals surface area contributed by atoms with Gasteiger partial charge in [0, 0.05) is 33.6 Å². The maximum absolute atomic E-state index is 14.6. The smallest absolute Gasteiger partial charge is 0.134 e. The van der Waals surface area contributed by atoms with Crippen molar-refractivity contribution in [3.8, 4) is 0 Å². The number of hydrogen-bond acceptors (Lipinski definition) is 2. The molecule has 2 aromatic carbocycles. The van der Waals surface area contributed by atoms with Crippen LogP contribution >= 0.6 is 22.6 Å². The number of rotatable bonds is 2. The monoisotopic (exact) mass is 434 g/mol. The second kappa shape index (κ2) is 6.31. The van der Waals surface area contributed by atoms with Gasteiger partial charge in [-0.1, -0.05) is 12.1 Å². The molecule has 0 atom stereocenters. The zero-order valence-corrected chi connectivity index (χ0v) is 16.4. The molecular weight excluding hydrogens is 414 g/mol. The Bertz CT molecular complexity index is 853. The zero-order chi connectivity index (χ0) is 17.5. The van der Waals surface area contributed by atoms with E-state index in [1.165, 1.54) is 0 Å². The van der Waals surface area contributed by atoms with Crippen LogP contribution in [0.25, 0.3) is 5.57 Å². The van der Waals surface area contributed by atoms with Crippen LogP contribution in [0.15, 0.2) is 47.5 Å². The van der Waals surface area contributed by atoms with Gasteiger partial charge in [-0.15, -0.1) is 0 Å². The molecule has 2 aromatic rings. The van der Waals surface area contributed by atoms with E-state index >= 15 is 0 Å². The fourth-order valence-corrected chi connectivity index (χ4v) is 3.51. The standard InChI is InChI=1S/C20H20FIN2/c1-13-11-20(2,3)24(4)19-10-18(21)14(8-17(13)19)12-23-16-7-5-6-15(22)9-16/h5-12H,1-4H3. The zero-order valence-electron chi connectivity index (χ0n) is 14.3. The lowest BCUT2D eigenvalue weighted by molar-refractivity contribution is 0.589. The van der Waals surface area contributed by atoms with Gasteiger partial charge in [0.15, 0.2) is 0 Å². The lowest BCUT2D eigenvalue weighted by atomic mass is 9.88. The maximum Gasteiger partial charge on any atom is 0.134 e. The van der Waals surface area contributed by atoms with Crippen molar-refractivity contribution in [2.24, 2.45) is 4.99 Å². The first-order valence-electron chi connectivity index (χ1n) is 7.85. The normalized spacial score (nSPS) is 16.2. The van der Waals surface area contributed by atoms with Crippen LogP contribution in [0.2, 0.25) is 0 Å². The Morgan fingerprint density at radius 1 is 1.21 bits per heavy atom. The number of benzene rings is 2. The van der Waals surface area contributed by atoms with Gasteiger partial charge in [0.25, 0.3) is 0 Å². The quantitative estimate of drug-likeness (QED) is 0.430. The lowest BCUT2D eigenvalue weighted by Crippen LogP contribution is -2.42. The second-order valence-corrected chi connectivity index (χ2v) is 7.91. The lowest BCUT2D eigenvalue weighted by Gasteiger charge is -2.40. The molecule has 1 heterocycles. The number of fused-ring (bicyclic) bond motifs is 1. The van der Waals surface area contributed by atoms with E-state index in [0.29, 0.717) is 5.56 Å². The summed E-state index contributed by atoms with van der Waals surface area (Å²) in [7, 11) is 2.00. The molecule has 0 amide bonds. The summed E-state index contributed by atoms with van der Waals surface area (Å²) in [5.41, 5.74) is 4.35. The van der Waals surface area contributed by atoms with Gasteiger partial charge < -0.3 is 4.90 Å². The molecule has 0 N–H and O–H groups in total. The van der Waals surface area contributed by atoms with Crippen LogP contribution in [-0.2, 0) is 0 Å². The van der Waals surface area contributed by atoms with Crippen LogP contribution in [0.4, 0.5) is 15.8 Å². The molecule has 0 radical (unpaired) electrons. The average Bonchev–Trinajstić information content (AvgIpc) is 2.51. The van der Waals surface area contributed by atoms with Crippen molar-refractivity contribution in [2.75, 3.05) is 11.9 Å². The number of likely N-dealkylation sites (N-methyl/N-ethyl adjacent to an activating group) is 1. The number of nitrogens with zero attached hydrogens (tertiary/aromatic N) is 2. The molecule has 0 saturated carbocycles. The minimum Gasteiger partial charge on any atom is -0.365 e. The number of anilines is 1. The fourth-order valence-electron chi connectivity index (χ4n) is 2.99. The first-order valence-corrected chi connectivity index (χ1v) is 8.93. The SMILES string of the molecule is CC1=CC(C)(C)N(C)c2cc(F)c(C=Nc3cccc(I)c3)cc21. The number of hydrogen-bond donors (Lipinski definition) is 0. The summed E-state index contributed by atoms with van der Waals surface area (Å²) < 4.78 is 15.7. The molecule has 3 rings (SSSR count). The van der Waals surface area contributed by atoms with Gasteiger partial charge in [-0.2, -0.15) is 0 Å². The van der Waals surface area contributed by atoms with E-state index in [1.54, 1.807) is 12.3 Å². The van der Waals surface area contributed by atoms with Gasteiger partial charge in [-0.3, -0.25) is 4.99 Å². The Morgan fingerprint density at radius 3 is 2.67 bits per heavy atom. The highest BCUT2D eigenvalue weighted by atomic mass is 127. The third-order valence-electron chi connectivity index (χ3n) is 4.50. The van der Waals surface area contributed by atoms with Gasteiger partial charge in [0.2, 0.25) is 0 Å². The predicted octanol–water partition coefficient (Wildman–Crippen LogP) is 5.81. The van der Waals surface area contributed by atoms with Crippen molar-refractivity contribution < 1.29 is 4.39 Å². The molecule has 24 heavy (non-hydrogen) atoms. The van der Waals surface area contributed by atoms with Crippen LogP contribution in [0.1, 0.15) is 31.9 Å². The van der Waals surface area contributed by atoms with E-state index in [1.807, 2.05) is 37.4 Å². The average molecular weight is 434 g/mol. The van der Waals surface area contributed by atoms with Crippen molar-refractivity contribution >= 4 is 45.8 Å². The Kier molecular flexibility index (Phi) is 4.51. The molecule has 4 heteroatoms. The van der Waals surface area contributed by atoms with Crippen molar-refractivity contribution in [3.63, 3.8) is 0 Å². The molecule has 0 spiro atoms. The summed E-state index contributed by atoms with van der Waals surface area (Å²) in [6.07, 6.45) is 3.82. The summed E-state index contributed by atoms with van der Waals surface area (Å²) in [5, 5.41) is 0. The van der Waals surface area contributed by atoms with Crippen LogP contribution in [0, 0.1) is 9.39 Å². The minimum absolute atomic E-state index is 0.125. The van der Waals surface area contributed by atoms with Crippen LogP contribution in [-0.4, -0.2) is 18.8 Å². The third kappa shape index (κ3) is 3.24. The van der Waals surface area contributed by atoms with Gasteiger partial charge in [-0.25, -0.2) is 4.39 Å². The second-order valence-electron chi connectivity index (χ2n) is 6.67. The Balaban J connectivity index is 2.02. The maximum atomic E-state index is 14.6. The first kappa shape index (κ1) is 17.1. The molecule has 0 saturated heterocycles. The molecule has 1 aliphatic rings. The molecule has 0 fully saturated rings. The molecule has 0 aliphatic carbocycles. The van der Waals surface area contributed by atoms with Crippen LogP contribution in [0.5, 0.6) is 0 Å². The van der Waals surface area contributed by atoms with Gasteiger partial charge in [0.1, 0.15) is 5.82 Å². The van der Waals surface area contributed by atoms with Crippen molar-refractivity contribution in [2.45, 2.75) is 26.3 Å². The van der Waals surface area contributed by atoms with Crippen molar-refractivity contribution in [1.82, 2.24) is 0 Å². The molecule has 1 aliphatic heterocycles. The van der Waals surface area contributed by atoms with Gasteiger partial charge in [0.05, 0.1) is 11.2 Å². The summed E-state index contributed by atoms with van der Waals surface area (Å²) >= 11 is 2.24. The third-order valence-corrected chi connectivity index (χ3v) is 5.17. The van der Waals surface area contributed by atoms with E-state index in [2.05, 4.69) is 59.3 Å². The molecule has 0 aromatic heterocycles. The number of allylic oxidation sites excluding steroid dienone is 1.